The highest BCUT2D eigenvalue weighted by atomic mass is 35.5. The SMILES string of the molecule is O=C(NCCCNC(=O)C1CCC1)c1c(O)cc(Cl)cc1Cl. The minimum atomic E-state index is -0.468. The van der Waals surface area contributed by atoms with Crippen molar-refractivity contribution in [3.8, 4) is 5.75 Å². The smallest absolute Gasteiger partial charge is 0.256 e. The van der Waals surface area contributed by atoms with Gasteiger partial charge in [-0.05, 0) is 31.4 Å². The molecule has 1 aromatic carbocycles. The van der Waals surface area contributed by atoms with Gasteiger partial charge >= 0.3 is 0 Å². The van der Waals surface area contributed by atoms with Gasteiger partial charge in [-0.2, -0.15) is 0 Å². The summed E-state index contributed by atoms with van der Waals surface area (Å²) in [6, 6.07) is 2.66. The molecular weight excluding hydrogens is 327 g/mol. The predicted octanol–water partition coefficient (Wildman–Crippen LogP) is 2.74. The van der Waals surface area contributed by atoms with Crippen LogP contribution in [-0.4, -0.2) is 30.0 Å². The number of hydrogen-bond acceptors (Lipinski definition) is 3. The predicted molar refractivity (Wildman–Crippen MR) is 85.4 cm³/mol. The number of carbonyl (C=O) groups is 2. The summed E-state index contributed by atoms with van der Waals surface area (Å²) in [6.07, 6.45) is 3.67. The Morgan fingerprint density at radius 2 is 1.86 bits per heavy atom. The Morgan fingerprint density at radius 1 is 1.18 bits per heavy atom. The second-order valence-electron chi connectivity index (χ2n) is 5.31. The zero-order valence-electron chi connectivity index (χ0n) is 12.0. The topological polar surface area (TPSA) is 78.4 Å². The Morgan fingerprint density at radius 3 is 2.45 bits per heavy atom. The van der Waals surface area contributed by atoms with Gasteiger partial charge < -0.3 is 15.7 Å². The molecule has 0 radical (unpaired) electrons. The van der Waals surface area contributed by atoms with E-state index in [1.165, 1.54) is 12.1 Å². The zero-order valence-corrected chi connectivity index (χ0v) is 13.5. The molecule has 1 aromatic rings. The van der Waals surface area contributed by atoms with Gasteiger partial charge in [-0.15, -0.1) is 0 Å². The summed E-state index contributed by atoms with van der Waals surface area (Å²) in [5, 5.41) is 15.6. The number of halogens is 2. The molecule has 0 aliphatic heterocycles. The largest absolute Gasteiger partial charge is 0.507 e. The molecule has 0 aromatic heterocycles. The van der Waals surface area contributed by atoms with E-state index in [2.05, 4.69) is 10.6 Å². The number of rotatable bonds is 6. The third-order valence-electron chi connectivity index (χ3n) is 3.68. The number of nitrogens with one attached hydrogen (secondary N) is 2. The zero-order chi connectivity index (χ0) is 16.1. The second-order valence-corrected chi connectivity index (χ2v) is 6.15. The summed E-state index contributed by atoms with van der Waals surface area (Å²) in [7, 11) is 0. The van der Waals surface area contributed by atoms with Crippen molar-refractivity contribution < 1.29 is 14.7 Å². The summed E-state index contributed by atoms with van der Waals surface area (Å²) in [5.74, 6) is -0.465. The highest BCUT2D eigenvalue weighted by Gasteiger charge is 2.24. The van der Waals surface area contributed by atoms with Crippen LogP contribution in [0.2, 0.25) is 10.0 Å². The maximum Gasteiger partial charge on any atom is 0.256 e. The van der Waals surface area contributed by atoms with Gasteiger partial charge in [0, 0.05) is 24.0 Å². The number of carbonyl (C=O) groups excluding carboxylic acids is 2. The molecule has 3 N–H and O–H groups in total. The van der Waals surface area contributed by atoms with E-state index in [1.807, 2.05) is 0 Å². The normalized spacial score (nSPS) is 14.3. The van der Waals surface area contributed by atoms with Crippen LogP contribution in [0.3, 0.4) is 0 Å². The average molecular weight is 345 g/mol. The molecule has 0 saturated heterocycles. The van der Waals surface area contributed by atoms with Crippen LogP contribution in [-0.2, 0) is 4.79 Å². The lowest BCUT2D eigenvalue weighted by Gasteiger charge is -2.24. The molecule has 0 unspecified atom stereocenters. The van der Waals surface area contributed by atoms with Crippen molar-refractivity contribution in [2.45, 2.75) is 25.7 Å². The van der Waals surface area contributed by atoms with E-state index in [9.17, 15) is 14.7 Å². The van der Waals surface area contributed by atoms with Gasteiger partial charge in [0.15, 0.2) is 0 Å². The number of amides is 2. The molecule has 0 atom stereocenters. The van der Waals surface area contributed by atoms with Crippen molar-refractivity contribution in [1.29, 1.82) is 0 Å². The first-order valence-electron chi connectivity index (χ1n) is 7.23. The lowest BCUT2D eigenvalue weighted by Crippen LogP contribution is -2.36. The van der Waals surface area contributed by atoms with Crippen molar-refractivity contribution >= 4 is 35.0 Å². The Kier molecular flexibility index (Phi) is 5.91. The molecule has 0 heterocycles. The van der Waals surface area contributed by atoms with Crippen LogP contribution in [0, 0.1) is 5.92 Å². The Labute approximate surface area is 139 Å². The molecule has 1 aliphatic carbocycles. The number of phenolic OH excluding ortho intramolecular Hbond substituents is 1. The Hall–Kier alpha value is -1.46. The third-order valence-corrected chi connectivity index (χ3v) is 4.19. The quantitative estimate of drug-likeness (QED) is 0.694. The van der Waals surface area contributed by atoms with E-state index in [1.54, 1.807) is 0 Å². The van der Waals surface area contributed by atoms with E-state index in [4.69, 9.17) is 23.2 Å². The van der Waals surface area contributed by atoms with Crippen molar-refractivity contribution in [3.63, 3.8) is 0 Å². The molecule has 1 saturated carbocycles. The van der Waals surface area contributed by atoms with Crippen molar-refractivity contribution in [3.05, 3.63) is 27.7 Å². The minimum absolute atomic E-state index is 0.00423. The number of benzene rings is 1. The summed E-state index contributed by atoms with van der Waals surface area (Å²) in [4.78, 5) is 23.6. The average Bonchev–Trinajstić information content (AvgIpc) is 2.34. The number of phenols is 1. The van der Waals surface area contributed by atoms with E-state index in [0.717, 1.165) is 19.3 Å². The molecule has 1 aliphatic rings. The molecule has 1 fully saturated rings. The van der Waals surface area contributed by atoms with Crippen LogP contribution in [0.4, 0.5) is 0 Å². The lowest BCUT2D eigenvalue weighted by atomic mass is 9.85. The third kappa shape index (κ3) is 4.27. The van der Waals surface area contributed by atoms with Crippen LogP contribution in [0.1, 0.15) is 36.0 Å². The van der Waals surface area contributed by atoms with Crippen molar-refractivity contribution in [2.24, 2.45) is 5.92 Å². The Balaban J connectivity index is 1.73. The first-order valence-corrected chi connectivity index (χ1v) is 7.98. The summed E-state index contributed by atoms with van der Waals surface area (Å²) >= 11 is 11.6. The fourth-order valence-electron chi connectivity index (χ4n) is 2.19. The summed E-state index contributed by atoms with van der Waals surface area (Å²) < 4.78 is 0. The molecular formula is C15H18Cl2N2O3. The lowest BCUT2D eigenvalue weighted by molar-refractivity contribution is -0.127. The molecule has 22 heavy (non-hydrogen) atoms. The van der Waals surface area contributed by atoms with Crippen LogP contribution in [0.25, 0.3) is 0 Å². The van der Waals surface area contributed by atoms with Crippen LogP contribution in [0.15, 0.2) is 12.1 Å². The number of hydrogen-bond donors (Lipinski definition) is 3. The van der Waals surface area contributed by atoms with Crippen molar-refractivity contribution in [1.82, 2.24) is 10.6 Å². The van der Waals surface area contributed by atoms with Gasteiger partial charge in [0.25, 0.3) is 5.91 Å². The summed E-state index contributed by atoms with van der Waals surface area (Å²) in [6.45, 7) is 0.887. The van der Waals surface area contributed by atoms with Crippen LogP contribution >= 0.6 is 23.2 Å². The monoisotopic (exact) mass is 344 g/mol. The van der Waals surface area contributed by atoms with Gasteiger partial charge in [-0.3, -0.25) is 9.59 Å². The minimum Gasteiger partial charge on any atom is -0.507 e. The highest BCUT2D eigenvalue weighted by Crippen LogP contribution is 2.29. The molecule has 0 spiro atoms. The van der Waals surface area contributed by atoms with E-state index in [-0.39, 0.29) is 33.2 Å². The van der Waals surface area contributed by atoms with E-state index in [0.29, 0.717) is 19.5 Å². The fraction of sp³-hybridized carbons (Fsp3) is 0.467. The first-order chi connectivity index (χ1) is 10.5. The second kappa shape index (κ2) is 7.70. The van der Waals surface area contributed by atoms with Gasteiger partial charge in [0.1, 0.15) is 5.75 Å². The molecule has 2 amide bonds. The molecule has 5 nitrogen and oxygen atoms in total. The number of aromatic hydroxyl groups is 1. The highest BCUT2D eigenvalue weighted by molar-refractivity contribution is 6.37. The van der Waals surface area contributed by atoms with Crippen molar-refractivity contribution in [2.75, 3.05) is 13.1 Å². The van der Waals surface area contributed by atoms with Gasteiger partial charge in [0.05, 0.1) is 10.6 Å². The summed E-state index contributed by atoms with van der Waals surface area (Å²) in [5.41, 5.74) is 0.00423. The molecule has 7 heteroatoms. The van der Waals surface area contributed by atoms with Gasteiger partial charge in [0.2, 0.25) is 5.91 Å². The standard InChI is InChI=1S/C15H18Cl2N2O3/c16-10-7-11(17)13(12(20)8-10)15(22)19-6-2-5-18-14(21)9-3-1-4-9/h7-9,20H,1-6H2,(H,18,21)(H,19,22). The van der Waals surface area contributed by atoms with Gasteiger partial charge in [-0.25, -0.2) is 0 Å². The van der Waals surface area contributed by atoms with E-state index >= 15 is 0 Å². The molecule has 120 valence electrons. The van der Waals surface area contributed by atoms with Gasteiger partial charge in [-0.1, -0.05) is 29.6 Å². The Bertz CT molecular complexity index is 551. The maximum atomic E-state index is 12.0. The molecule has 0 bridgehead atoms. The van der Waals surface area contributed by atoms with Crippen LogP contribution in [0.5, 0.6) is 5.75 Å². The van der Waals surface area contributed by atoms with E-state index < -0.39 is 5.91 Å². The molecule has 2 rings (SSSR count). The van der Waals surface area contributed by atoms with Crippen LogP contribution < -0.4 is 10.6 Å². The maximum absolute atomic E-state index is 12.0. The fourth-order valence-corrected chi connectivity index (χ4v) is 2.76. The first kappa shape index (κ1) is 16.9.